The Kier molecular flexibility index (Phi) is 3.42. The molecule has 0 saturated carbocycles. The summed E-state index contributed by atoms with van der Waals surface area (Å²) in [6.45, 7) is 6.44. The van der Waals surface area contributed by atoms with E-state index in [-0.39, 0.29) is 5.41 Å². The third-order valence-corrected chi connectivity index (χ3v) is 2.91. The molecule has 0 radical (unpaired) electrons. The van der Waals surface area contributed by atoms with E-state index in [1.165, 1.54) is 10.1 Å². The van der Waals surface area contributed by atoms with E-state index in [0.717, 1.165) is 0 Å². The fraction of sp³-hybridized carbons (Fsp3) is 0.333. The quantitative estimate of drug-likeness (QED) is 0.738. The van der Waals surface area contributed by atoms with Crippen molar-refractivity contribution in [3.8, 4) is 5.75 Å². The van der Waals surface area contributed by atoms with Crippen molar-refractivity contribution in [2.75, 3.05) is 0 Å². The number of rotatable bonds is 1. The number of benzene rings is 1. The van der Waals surface area contributed by atoms with Gasteiger partial charge in [-0.1, -0.05) is 32.9 Å². The smallest absolute Gasteiger partial charge is 0.392 e. The second kappa shape index (κ2) is 4.88. The Balaban J connectivity index is 2.10. The molecule has 0 fully saturated rings. The van der Waals surface area contributed by atoms with Crippen molar-refractivity contribution in [3.05, 3.63) is 48.5 Å². The van der Waals surface area contributed by atoms with Gasteiger partial charge in [-0.3, -0.25) is 0 Å². The SMILES string of the molecule is C[n+]1ccn(C(=O)Oc2ccc(C(C)(C)C)cc2)c1. The third kappa shape index (κ3) is 3.22. The minimum Gasteiger partial charge on any atom is -0.392 e. The summed E-state index contributed by atoms with van der Waals surface area (Å²) in [5, 5.41) is 0. The molecule has 0 spiro atoms. The number of aromatic nitrogens is 2. The topological polar surface area (TPSA) is 35.1 Å². The summed E-state index contributed by atoms with van der Waals surface area (Å²) in [4.78, 5) is 11.8. The van der Waals surface area contributed by atoms with Gasteiger partial charge in [0.25, 0.3) is 6.33 Å². The fourth-order valence-corrected chi connectivity index (χ4v) is 1.73. The Morgan fingerprint density at radius 1 is 1.21 bits per heavy atom. The summed E-state index contributed by atoms with van der Waals surface area (Å²) in [6.07, 6.45) is 4.69. The summed E-state index contributed by atoms with van der Waals surface area (Å²) >= 11 is 0. The van der Waals surface area contributed by atoms with Gasteiger partial charge in [-0.2, -0.15) is 4.79 Å². The second-order valence-electron chi connectivity index (χ2n) is 5.63. The highest BCUT2D eigenvalue weighted by Crippen LogP contribution is 2.24. The number of imidazole rings is 1. The number of nitrogens with zero attached hydrogens (tertiary/aromatic N) is 2. The summed E-state index contributed by atoms with van der Waals surface area (Å²) in [6, 6.07) is 7.61. The van der Waals surface area contributed by atoms with E-state index < -0.39 is 6.09 Å². The lowest BCUT2D eigenvalue weighted by Gasteiger charge is -2.18. The first-order valence-corrected chi connectivity index (χ1v) is 6.22. The lowest BCUT2D eigenvalue weighted by molar-refractivity contribution is -0.670. The fourth-order valence-electron chi connectivity index (χ4n) is 1.73. The van der Waals surface area contributed by atoms with Crippen molar-refractivity contribution in [2.24, 2.45) is 7.05 Å². The van der Waals surface area contributed by atoms with Crippen molar-refractivity contribution >= 4 is 6.09 Å². The maximum Gasteiger partial charge on any atom is 0.517 e. The number of hydrogen-bond acceptors (Lipinski definition) is 2. The van der Waals surface area contributed by atoms with Crippen molar-refractivity contribution in [1.82, 2.24) is 4.57 Å². The molecule has 0 aliphatic rings. The molecule has 0 atom stereocenters. The van der Waals surface area contributed by atoms with Gasteiger partial charge in [-0.15, -0.1) is 4.57 Å². The number of carbonyl (C=O) groups is 1. The van der Waals surface area contributed by atoms with Crippen LogP contribution in [0.3, 0.4) is 0 Å². The normalized spacial score (nSPS) is 11.4. The van der Waals surface area contributed by atoms with Gasteiger partial charge in [-0.05, 0) is 23.1 Å². The van der Waals surface area contributed by atoms with Gasteiger partial charge in [0, 0.05) is 0 Å². The molecule has 1 aromatic heterocycles. The van der Waals surface area contributed by atoms with Gasteiger partial charge in [0.2, 0.25) is 0 Å². The number of carbonyl (C=O) groups excluding carboxylic acids is 1. The van der Waals surface area contributed by atoms with E-state index in [0.29, 0.717) is 5.75 Å². The Hall–Kier alpha value is -2.10. The zero-order valence-corrected chi connectivity index (χ0v) is 11.8. The first kappa shape index (κ1) is 13.3. The molecule has 0 saturated heterocycles. The van der Waals surface area contributed by atoms with Crippen LogP contribution in [0.2, 0.25) is 0 Å². The summed E-state index contributed by atoms with van der Waals surface area (Å²) in [5.41, 5.74) is 1.30. The van der Waals surface area contributed by atoms with Crippen LogP contribution in [0.25, 0.3) is 0 Å². The minimum atomic E-state index is -0.413. The van der Waals surface area contributed by atoms with Gasteiger partial charge in [0.1, 0.15) is 18.1 Å². The van der Waals surface area contributed by atoms with Crippen LogP contribution in [0, 0.1) is 0 Å². The van der Waals surface area contributed by atoms with Gasteiger partial charge in [0.15, 0.2) is 0 Å². The van der Waals surface area contributed by atoms with E-state index in [1.54, 1.807) is 23.3 Å². The van der Waals surface area contributed by atoms with Gasteiger partial charge in [-0.25, -0.2) is 4.57 Å². The molecule has 19 heavy (non-hydrogen) atoms. The molecule has 0 aliphatic carbocycles. The monoisotopic (exact) mass is 259 g/mol. The Bertz CT molecular complexity index is 577. The van der Waals surface area contributed by atoms with E-state index in [4.69, 9.17) is 4.74 Å². The lowest BCUT2D eigenvalue weighted by Crippen LogP contribution is -2.25. The lowest BCUT2D eigenvalue weighted by atomic mass is 9.87. The molecule has 0 amide bonds. The van der Waals surface area contributed by atoms with Crippen molar-refractivity contribution in [1.29, 1.82) is 0 Å². The first-order chi connectivity index (χ1) is 8.86. The van der Waals surface area contributed by atoms with Crippen molar-refractivity contribution < 1.29 is 14.1 Å². The first-order valence-electron chi connectivity index (χ1n) is 6.22. The highest BCUT2D eigenvalue weighted by Gasteiger charge is 2.16. The van der Waals surface area contributed by atoms with Crippen LogP contribution in [-0.2, 0) is 12.5 Å². The van der Waals surface area contributed by atoms with Crippen LogP contribution in [-0.4, -0.2) is 10.7 Å². The predicted molar refractivity (Wildman–Crippen MR) is 72.2 cm³/mol. The number of hydrogen-bond donors (Lipinski definition) is 0. The standard InChI is InChI=1S/C15H19N2O2/c1-15(2,3)12-5-7-13(8-6-12)19-14(18)17-10-9-16(4)11-17/h5-11H,1-4H3/q+1. The van der Waals surface area contributed by atoms with Crippen molar-refractivity contribution in [3.63, 3.8) is 0 Å². The molecule has 0 bridgehead atoms. The molecule has 1 aromatic carbocycles. The van der Waals surface area contributed by atoms with Gasteiger partial charge >= 0.3 is 6.09 Å². The van der Waals surface area contributed by atoms with Crippen LogP contribution in [0.4, 0.5) is 4.79 Å². The Morgan fingerprint density at radius 3 is 2.32 bits per heavy atom. The molecule has 0 N–H and O–H groups in total. The molecular formula is C15H19N2O2+. The molecule has 4 heteroatoms. The zero-order chi connectivity index (χ0) is 14.0. The molecular weight excluding hydrogens is 240 g/mol. The average molecular weight is 259 g/mol. The zero-order valence-electron chi connectivity index (χ0n) is 11.8. The van der Waals surface area contributed by atoms with Gasteiger partial charge < -0.3 is 4.74 Å². The van der Waals surface area contributed by atoms with Crippen LogP contribution >= 0.6 is 0 Å². The molecule has 1 heterocycles. The third-order valence-electron chi connectivity index (χ3n) is 2.91. The Labute approximate surface area is 113 Å². The maximum absolute atomic E-state index is 11.8. The van der Waals surface area contributed by atoms with E-state index in [1.807, 2.05) is 31.3 Å². The van der Waals surface area contributed by atoms with Crippen LogP contribution < -0.4 is 9.30 Å². The van der Waals surface area contributed by atoms with E-state index >= 15 is 0 Å². The molecule has 4 nitrogen and oxygen atoms in total. The number of aryl methyl sites for hydroxylation is 1. The molecule has 100 valence electrons. The van der Waals surface area contributed by atoms with E-state index in [9.17, 15) is 4.79 Å². The summed E-state index contributed by atoms with van der Waals surface area (Å²) < 4.78 is 8.47. The van der Waals surface area contributed by atoms with E-state index in [2.05, 4.69) is 20.8 Å². The molecule has 2 rings (SSSR count). The minimum absolute atomic E-state index is 0.0940. The van der Waals surface area contributed by atoms with Gasteiger partial charge in [0.05, 0.1) is 7.05 Å². The van der Waals surface area contributed by atoms with Crippen LogP contribution in [0.1, 0.15) is 26.3 Å². The molecule has 0 unspecified atom stereocenters. The molecule has 2 aromatic rings. The largest absolute Gasteiger partial charge is 0.517 e. The summed E-state index contributed by atoms with van der Waals surface area (Å²) in [7, 11) is 1.85. The highest BCUT2D eigenvalue weighted by molar-refractivity contribution is 5.72. The highest BCUT2D eigenvalue weighted by atomic mass is 16.6. The van der Waals surface area contributed by atoms with Crippen LogP contribution in [0.5, 0.6) is 5.75 Å². The molecule has 0 aliphatic heterocycles. The second-order valence-corrected chi connectivity index (χ2v) is 5.63. The van der Waals surface area contributed by atoms with Crippen molar-refractivity contribution in [2.45, 2.75) is 26.2 Å². The summed E-state index contributed by atoms with van der Waals surface area (Å²) in [5.74, 6) is 0.550. The van der Waals surface area contributed by atoms with Crippen LogP contribution in [0.15, 0.2) is 43.0 Å². The predicted octanol–water partition coefficient (Wildman–Crippen LogP) is 2.66. The Morgan fingerprint density at radius 2 is 1.84 bits per heavy atom. The maximum atomic E-state index is 11.8. The average Bonchev–Trinajstić information content (AvgIpc) is 2.75. The number of ether oxygens (including phenoxy) is 1.